The van der Waals surface area contributed by atoms with Gasteiger partial charge in [0.1, 0.15) is 11.6 Å². The topological polar surface area (TPSA) is 52.7 Å². The van der Waals surface area contributed by atoms with Crippen LogP contribution in [-0.4, -0.2) is 24.3 Å². The van der Waals surface area contributed by atoms with Crippen LogP contribution in [0.3, 0.4) is 0 Å². The van der Waals surface area contributed by atoms with Crippen molar-refractivity contribution in [3.63, 3.8) is 0 Å². The molecule has 0 atom stereocenters. The first kappa shape index (κ1) is 5.94. The summed E-state index contributed by atoms with van der Waals surface area (Å²) in [6.45, 7) is 0. The van der Waals surface area contributed by atoms with Crippen molar-refractivity contribution in [1.29, 1.82) is 0 Å². The van der Waals surface area contributed by atoms with Gasteiger partial charge in [-0.3, -0.25) is 5.10 Å². The van der Waals surface area contributed by atoms with Crippen molar-refractivity contribution >= 4 is 11.6 Å². The van der Waals surface area contributed by atoms with Crippen molar-refractivity contribution in [2.45, 2.75) is 0 Å². The van der Waals surface area contributed by atoms with Gasteiger partial charge in [0.15, 0.2) is 0 Å². The van der Waals surface area contributed by atoms with Gasteiger partial charge in [0.2, 0.25) is 0 Å². The molecule has 3 N–H and O–H groups in total. The third-order valence-corrected chi connectivity index (χ3v) is 1.10. The fourth-order valence-electron chi connectivity index (χ4n) is 0.578. The maximum Gasteiger partial charge on any atom is 0.149 e. The summed E-state index contributed by atoms with van der Waals surface area (Å²) in [4.78, 5) is 0. The lowest BCUT2D eigenvalue weighted by molar-refractivity contribution is 1.09. The van der Waals surface area contributed by atoms with Gasteiger partial charge in [-0.25, -0.2) is 0 Å². The van der Waals surface area contributed by atoms with Gasteiger partial charge >= 0.3 is 0 Å². The molecule has 4 heteroatoms. The van der Waals surface area contributed by atoms with E-state index in [0.717, 1.165) is 11.6 Å². The van der Waals surface area contributed by atoms with Crippen LogP contribution < -0.4 is 10.6 Å². The Hall–Kier alpha value is -1.19. The third kappa shape index (κ3) is 1.13. The lowest BCUT2D eigenvalue weighted by Crippen LogP contribution is -1.85. The van der Waals surface area contributed by atoms with Crippen molar-refractivity contribution < 1.29 is 0 Å². The maximum absolute atomic E-state index is 3.91. The summed E-state index contributed by atoms with van der Waals surface area (Å²) < 4.78 is 0. The number of hydrogen-bond acceptors (Lipinski definition) is 3. The Kier molecular flexibility index (Phi) is 1.58. The van der Waals surface area contributed by atoms with Crippen molar-refractivity contribution in [2.24, 2.45) is 0 Å². The highest BCUT2D eigenvalue weighted by molar-refractivity contribution is 5.46. The molecule has 9 heavy (non-hydrogen) atoms. The quantitative estimate of drug-likeness (QED) is 0.540. The van der Waals surface area contributed by atoms with Crippen LogP contribution in [0.15, 0.2) is 6.07 Å². The highest BCUT2D eigenvalue weighted by Gasteiger charge is 1.92. The molecule has 1 rings (SSSR count). The molecule has 0 aliphatic carbocycles. The number of aromatic amines is 1. The van der Waals surface area contributed by atoms with Crippen molar-refractivity contribution in [2.75, 3.05) is 24.7 Å². The molecule has 0 radical (unpaired) electrons. The Balaban J connectivity index is 2.74. The summed E-state index contributed by atoms with van der Waals surface area (Å²) in [6.07, 6.45) is 0. The summed E-state index contributed by atoms with van der Waals surface area (Å²) in [7, 11) is 3.67. The highest BCUT2D eigenvalue weighted by atomic mass is 15.2. The van der Waals surface area contributed by atoms with Crippen LogP contribution in [0.1, 0.15) is 0 Å². The van der Waals surface area contributed by atoms with E-state index in [0.29, 0.717) is 0 Å². The van der Waals surface area contributed by atoms with E-state index < -0.39 is 0 Å². The summed E-state index contributed by atoms with van der Waals surface area (Å²) in [6, 6.07) is 1.89. The van der Waals surface area contributed by atoms with E-state index in [-0.39, 0.29) is 0 Å². The van der Waals surface area contributed by atoms with Crippen LogP contribution in [0.4, 0.5) is 11.6 Å². The molecule has 1 heterocycles. The molecule has 0 aromatic carbocycles. The summed E-state index contributed by atoms with van der Waals surface area (Å²) in [5.74, 6) is 1.76. The first-order valence-electron chi connectivity index (χ1n) is 2.77. The molecule has 0 unspecified atom stereocenters. The summed E-state index contributed by atoms with van der Waals surface area (Å²) in [5.41, 5.74) is 0. The molecule has 0 bridgehead atoms. The first-order valence-corrected chi connectivity index (χ1v) is 2.77. The molecule has 0 spiro atoms. The van der Waals surface area contributed by atoms with Crippen LogP contribution in [-0.2, 0) is 0 Å². The number of nitrogens with one attached hydrogen (secondary N) is 3. The monoisotopic (exact) mass is 126 g/mol. The number of anilines is 2. The van der Waals surface area contributed by atoms with Gasteiger partial charge in [0.05, 0.1) is 0 Å². The molecular formula is C5H10N4. The summed E-state index contributed by atoms with van der Waals surface area (Å²) >= 11 is 0. The molecule has 0 fully saturated rings. The second kappa shape index (κ2) is 2.39. The molecule has 0 saturated carbocycles. The number of nitrogens with zero attached hydrogens (tertiary/aromatic N) is 1. The predicted molar refractivity (Wildman–Crippen MR) is 37.7 cm³/mol. The first-order chi connectivity index (χ1) is 4.36. The lowest BCUT2D eigenvalue weighted by Gasteiger charge is -1.87. The average Bonchev–Trinajstić information content (AvgIpc) is 2.34. The average molecular weight is 126 g/mol. The van der Waals surface area contributed by atoms with Crippen LogP contribution in [0, 0.1) is 0 Å². The lowest BCUT2D eigenvalue weighted by atomic mass is 10.6. The second-order valence-corrected chi connectivity index (χ2v) is 1.67. The van der Waals surface area contributed by atoms with Gasteiger partial charge in [-0.2, -0.15) is 5.10 Å². The maximum atomic E-state index is 3.91. The molecule has 1 aromatic rings. The molecule has 4 nitrogen and oxygen atoms in total. The fraction of sp³-hybridized carbons (Fsp3) is 0.400. The smallest absolute Gasteiger partial charge is 0.149 e. The minimum Gasteiger partial charge on any atom is -0.373 e. The fourth-order valence-corrected chi connectivity index (χ4v) is 0.578. The second-order valence-electron chi connectivity index (χ2n) is 1.67. The minimum atomic E-state index is 0.847. The predicted octanol–water partition coefficient (Wildman–Crippen LogP) is 0.493. The van der Waals surface area contributed by atoms with E-state index in [1.165, 1.54) is 0 Å². The number of H-pyrrole nitrogens is 1. The Morgan fingerprint density at radius 3 is 2.56 bits per heavy atom. The SMILES string of the molecule is CNc1cc(NC)[nH]n1. The zero-order valence-corrected chi connectivity index (χ0v) is 5.52. The van der Waals surface area contributed by atoms with Gasteiger partial charge in [0, 0.05) is 20.2 Å². The third-order valence-electron chi connectivity index (χ3n) is 1.10. The Morgan fingerprint density at radius 2 is 2.22 bits per heavy atom. The number of aromatic nitrogens is 2. The molecule has 0 saturated heterocycles. The van der Waals surface area contributed by atoms with Gasteiger partial charge in [-0.15, -0.1) is 0 Å². The molecule has 1 aromatic heterocycles. The van der Waals surface area contributed by atoms with Crippen molar-refractivity contribution in [3.05, 3.63) is 6.07 Å². The van der Waals surface area contributed by atoms with Crippen LogP contribution in [0.25, 0.3) is 0 Å². The van der Waals surface area contributed by atoms with Crippen LogP contribution in [0.2, 0.25) is 0 Å². The Labute approximate surface area is 53.7 Å². The summed E-state index contributed by atoms with van der Waals surface area (Å²) in [5, 5.41) is 12.5. The minimum absolute atomic E-state index is 0.847. The normalized spacial score (nSPS) is 9.11. The molecule has 0 amide bonds. The van der Waals surface area contributed by atoms with Crippen LogP contribution >= 0.6 is 0 Å². The molecule has 50 valence electrons. The van der Waals surface area contributed by atoms with E-state index in [2.05, 4.69) is 20.8 Å². The zero-order chi connectivity index (χ0) is 6.69. The van der Waals surface area contributed by atoms with Crippen LogP contribution in [0.5, 0.6) is 0 Å². The molecule has 0 aliphatic heterocycles. The largest absolute Gasteiger partial charge is 0.373 e. The molecular weight excluding hydrogens is 116 g/mol. The standard InChI is InChI=1S/C5H10N4/c1-6-4-3-5(7-2)9-8-4/h3H,1-2H3,(H3,6,7,8,9). The molecule has 0 aliphatic rings. The van der Waals surface area contributed by atoms with E-state index in [1.54, 1.807) is 0 Å². The Bertz CT molecular complexity index is 162. The van der Waals surface area contributed by atoms with E-state index in [4.69, 9.17) is 0 Å². The van der Waals surface area contributed by atoms with Gasteiger partial charge < -0.3 is 10.6 Å². The van der Waals surface area contributed by atoms with Gasteiger partial charge in [0.25, 0.3) is 0 Å². The number of rotatable bonds is 2. The number of hydrogen-bond donors (Lipinski definition) is 3. The van der Waals surface area contributed by atoms with E-state index in [9.17, 15) is 0 Å². The Morgan fingerprint density at radius 1 is 1.44 bits per heavy atom. The van der Waals surface area contributed by atoms with Gasteiger partial charge in [-0.05, 0) is 0 Å². The highest BCUT2D eigenvalue weighted by Crippen LogP contribution is 2.06. The zero-order valence-electron chi connectivity index (χ0n) is 5.52. The van der Waals surface area contributed by atoms with Crippen molar-refractivity contribution in [3.8, 4) is 0 Å². The van der Waals surface area contributed by atoms with E-state index in [1.807, 2.05) is 20.2 Å². The van der Waals surface area contributed by atoms with E-state index >= 15 is 0 Å². The van der Waals surface area contributed by atoms with Gasteiger partial charge in [-0.1, -0.05) is 0 Å². The van der Waals surface area contributed by atoms with Crippen molar-refractivity contribution in [1.82, 2.24) is 10.2 Å².